The quantitative estimate of drug-likeness (QED) is 0.394. The van der Waals surface area contributed by atoms with Crippen molar-refractivity contribution in [3.05, 3.63) is 83.7 Å². The van der Waals surface area contributed by atoms with E-state index in [1.54, 1.807) is 12.0 Å². The molecule has 0 spiro atoms. The van der Waals surface area contributed by atoms with Crippen LogP contribution in [0.25, 0.3) is 11.0 Å². The molecule has 2 heterocycles. The van der Waals surface area contributed by atoms with Crippen LogP contribution in [0.15, 0.2) is 66.7 Å². The summed E-state index contributed by atoms with van der Waals surface area (Å²) in [7, 11) is 1.61. The van der Waals surface area contributed by atoms with Gasteiger partial charge in [0.05, 0.1) is 30.4 Å². The molecule has 2 atom stereocenters. The monoisotopic (exact) mass is 485 g/mol. The fraction of sp³-hybridized carbons (Fsp3) is 0.310. The molecule has 0 aliphatic carbocycles. The summed E-state index contributed by atoms with van der Waals surface area (Å²) in [6.45, 7) is 5.07. The van der Waals surface area contributed by atoms with E-state index in [2.05, 4.69) is 6.92 Å². The minimum Gasteiger partial charge on any atom is -0.495 e. The van der Waals surface area contributed by atoms with E-state index < -0.39 is 6.10 Å². The van der Waals surface area contributed by atoms with E-state index >= 15 is 0 Å². The molecular formula is C29H31N3O4. The predicted molar refractivity (Wildman–Crippen MR) is 140 cm³/mol. The number of methoxy groups -OCH3 is 1. The number of hydrogen-bond donors (Lipinski definition) is 1. The lowest BCUT2D eigenvalue weighted by atomic mass is 10.1. The average molecular weight is 486 g/mol. The van der Waals surface area contributed by atoms with Crippen molar-refractivity contribution in [2.75, 3.05) is 25.2 Å². The van der Waals surface area contributed by atoms with Crippen LogP contribution in [0.1, 0.15) is 29.3 Å². The largest absolute Gasteiger partial charge is 0.495 e. The molecule has 1 N–H and O–H groups in total. The van der Waals surface area contributed by atoms with E-state index in [0.29, 0.717) is 25.3 Å². The van der Waals surface area contributed by atoms with E-state index in [4.69, 9.17) is 14.5 Å². The molecule has 1 saturated heterocycles. The third-order valence-corrected chi connectivity index (χ3v) is 6.86. The molecule has 7 heteroatoms. The number of carbonyl (C=O) groups excluding carboxylic acids is 1. The maximum Gasteiger partial charge on any atom is 0.227 e. The Hall–Kier alpha value is -3.84. The maximum absolute atomic E-state index is 13.1. The SMILES string of the molecule is COc1ccccc1N1C[C@H](c2nc3ccccc3n2C[C@@H](O)COc2ccc(C)c(C)c2)CC1=O. The van der Waals surface area contributed by atoms with Gasteiger partial charge in [-0.3, -0.25) is 4.79 Å². The third kappa shape index (κ3) is 4.66. The minimum atomic E-state index is -0.745. The highest BCUT2D eigenvalue weighted by Crippen LogP contribution is 2.37. The zero-order valence-corrected chi connectivity index (χ0v) is 20.8. The van der Waals surface area contributed by atoms with Gasteiger partial charge in [-0.2, -0.15) is 0 Å². The Morgan fingerprint density at radius 3 is 2.64 bits per heavy atom. The number of amides is 1. The van der Waals surface area contributed by atoms with Crippen LogP contribution in [-0.4, -0.2) is 46.9 Å². The molecule has 1 aromatic heterocycles. The third-order valence-electron chi connectivity index (χ3n) is 6.86. The number of anilines is 1. The van der Waals surface area contributed by atoms with Gasteiger partial charge in [0.1, 0.15) is 30.0 Å². The van der Waals surface area contributed by atoms with Crippen molar-refractivity contribution < 1.29 is 19.4 Å². The van der Waals surface area contributed by atoms with E-state index in [0.717, 1.165) is 33.9 Å². The summed E-state index contributed by atoms with van der Waals surface area (Å²) in [4.78, 5) is 19.7. The van der Waals surface area contributed by atoms with Gasteiger partial charge in [0, 0.05) is 18.9 Å². The van der Waals surface area contributed by atoms with Crippen LogP contribution in [0.3, 0.4) is 0 Å². The van der Waals surface area contributed by atoms with Gasteiger partial charge in [0.15, 0.2) is 0 Å². The molecule has 4 aromatic rings. The molecule has 0 saturated carbocycles. The Morgan fingerprint density at radius 1 is 1.06 bits per heavy atom. The Balaban J connectivity index is 1.38. The van der Waals surface area contributed by atoms with Gasteiger partial charge < -0.3 is 24.0 Å². The van der Waals surface area contributed by atoms with E-state index in [9.17, 15) is 9.90 Å². The van der Waals surface area contributed by atoms with Gasteiger partial charge in [-0.15, -0.1) is 0 Å². The number of rotatable bonds is 8. The number of aliphatic hydroxyl groups is 1. The zero-order valence-electron chi connectivity index (χ0n) is 20.8. The summed E-state index contributed by atoms with van der Waals surface area (Å²) in [6, 6.07) is 21.3. The van der Waals surface area contributed by atoms with E-state index in [-0.39, 0.29) is 18.4 Å². The first-order valence-corrected chi connectivity index (χ1v) is 12.2. The molecule has 0 radical (unpaired) electrons. The molecule has 1 aliphatic heterocycles. The van der Waals surface area contributed by atoms with Crippen molar-refractivity contribution in [3.8, 4) is 11.5 Å². The van der Waals surface area contributed by atoms with Gasteiger partial charge in [-0.05, 0) is 61.4 Å². The second kappa shape index (κ2) is 10.0. The number of fused-ring (bicyclic) bond motifs is 1. The average Bonchev–Trinajstić information content (AvgIpc) is 3.45. The molecule has 5 rings (SSSR count). The molecule has 0 bridgehead atoms. The van der Waals surface area contributed by atoms with Gasteiger partial charge in [0.2, 0.25) is 5.91 Å². The molecule has 7 nitrogen and oxygen atoms in total. The highest BCUT2D eigenvalue weighted by atomic mass is 16.5. The number of aromatic nitrogens is 2. The number of imidazole rings is 1. The Bertz CT molecular complexity index is 1400. The Labute approximate surface area is 210 Å². The normalized spacial score (nSPS) is 16.5. The summed E-state index contributed by atoms with van der Waals surface area (Å²) in [6.07, 6.45) is -0.401. The molecule has 1 fully saturated rings. The van der Waals surface area contributed by atoms with Crippen molar-refractivity contribution in [1.29, 1.82) is 0 Å². The van der Waals surface area contributed by atoms with Crippen molar-refractivity contribution in [3.63, 3.8) is 0 Å². The number of nitrogens with zero attached hydrogens (tertiary/aromatic N) is 3. The first kappa shape index (κ1) is 23.9. The Morgan fingerprint density at radius 2 is 1.83 bits per heavy atom. The standard InChI is InChI=1S/C29H31N3O4/c1-19-12-13-23(14-20(19)2)36-18-22(33)17-32-25-9-5-4-8-24(25)30-29(32)21-15-28(34)31(16-21)26-10-6-7-11-27(26)35-3/h4-14,21-22,33H,15-18H2,1-3H3/t21-,22-/m1/s1. The first-order valence-electron chi connectivity index (χ1n) is 12.2. The van der Waals surface area contributed by atoms with Crippen molar-refractivity contribution >= 4 is 22.6 Å². The summed E-state index contributed by atoms with van der Waals surface area (Å²) < 4.78 is 13.4. The number of aryl methyl sites for hydroxylation is 2. The first-order chi connectivity index (χ1) is 17.4. The Kier molecular flexibility index (Phi) is 6.65. The minimum absolute atomic E-state index is 0.0294. The van der Waals surface area contributed by atoms with Gasteiger partial charge >= 0.3 is 0 Å². The highest BCUT2D eigenvalue weighted by molar-refractivity contribution is 5.97. The summed E-state index contributed by atoms with van der Waals surface area (Å²) in [5.41, 5.74) is 4.89. The lowest BCUT2D eigenvalue weighted by Gasteiger charge is -2.20. The smallest absolute Gasteiger partial charge is 0.227 e. The fourth-order valence-corrected chi connectivity index (χ4v) is 4.82. The lowest BCUT2D eigenvalue weighted by Crippen LogP contribution is -2.26. The molecular weight excluding hydrogens is 454 g/mol. The van der Waals surface area contributed by atoms with Crippen LogP contribution < -0.4 is 14.4 Å². The van der Waals surface area contributed by atoms with Crippen LogP contribution in [0.4, 0.5) is 5.69 Å². The van der Waals surface area contributed by atoms with Crippen molar-refractivity contribution in [2.45, 2.75) is 38.8 Å². The number of hydrogen-bond acceptors (Lipinski definition) is 5. The van der Waals surface area contributed by atoms with Crippen LogP contribution >= 0.6 is 0 Å². The summed E-state index contributed by atoms with van der Waals surface area (Å²) >= 11 is 0. The molecule has 3 aromatic carbocycles. The lowest BCUT2D eigenvalue weighted by molar-refractivity contribution is -0.117. The summed E-state index contributed by atoms with van der Waals surface area (Å²) in [5.74, 6) is 2.12. The van der Waals surface area contributed by atoms with Crippen LogP contribution in [0.5, 0.6) is 11.5 Å². The van der Waals surface area contributed by atoms with Gasteiger partial charge in [-0.1, -0.05) is 30.3 Å². The topological polar surface area (TPSA) is 76.8 Å². The fourth-order valence-electron chi connectivity index (χ4n) is 4.82. The number of benzene rings is 3. The van der Waals surface area contributed by atoms with Gasteiger partial charge in [0.25, 0.3) is 0 Å². The van der Waals surface area contributed by atoms with E-state index in [1.165, 1.54) is 5.56 Å². The maximum atomic E-state index is 13.1. The predicted octanol–water partition coefficient (Wildman–Crippen LogP) is 4.62. The second-order valence-electron chi connectivity index (χ2n) is 9.36. The number of ether oxygens (including phenoxy) is 2. The van der Waals surface area contributed by atoms with Gasteiger partial charge in [-0.25, -0.2) is 4.98 Å². The highest BCUT2D eigenvalue weighted by Gasteiger charge is 2.36. The number of aliphatic hydroxyl groups excluding tert-OH is 1. The van der Waals surface area contributed by atoms with Crippen molar-refractivity contribution in [2.24, 2.45) is 0 Å². The molecule has 0 unspecified atom stereocenters. The van der Waals surface area contributed by atoms with Crippen LogP contribution in [0, 0.1) is 13.8 Å². The molecule has 36 heavy (non-hydrogen) atoms. The summed E-state index contributed by atoms with van der Waals surface area (Å²) in [5, 5.41) is 10.9. The van der Waals surface area contributed by atoms with Crippen molar-refractivity contribution in [1.82, 2.24) is 9.55 Å². The molecule has 1 amide bonds. The molecule has 186 valence electrons. The van der Waals surface area contributed by atoms with E-state index in [1.807, 2.05) is 78.2 Å². The second-order valence-corrected chi connectivity index (χ2v) is 9.36. The molecule has 1 aliphatic rings. The number of para-hydroxylation sites is 4. The van der Waals surface area contributed by atoms with Crippen LogP contribution in [0.2, 0.25) is 0 Å². The van der Waals surface area contributed by atoms with Crippen LogP contribution in [-0.2, 0) is 11.3 Å². The zero-order chi connectivity index (χ0) is 25.2. The number of carbonyl (C=O) groups is 1.